The highest BCUT2D eigenvalue weighted by Crippen LogP contribution is 2.13. The molecule has 1 amide bonds. The molecule has 0 aliphatic heterocycles. The van der Waals surface area contributed by atoms with E-state index in [-0.39, 0.29) is 30.5 Å². The van der Waals surface area contributed by atoms with E-state index >= 15 is 0 Å². The Morgan fingerprint density at radius 2 is 2.12 bits per heavy atom. The summed E-state index contributed by atoms with van der Waals surface area (Å²) in [6.45, 7) is 5.56. The van der Waals surface area contributed by atoms with E-state index in [1.807, 2.05) is 20.8 Å². The summed E-state index contributed by atoms with van der Waals surface area (Å²) in [4.78, 5) is 11.5. The highest BCUT2D eigenvalue weighted by molar-refractivity contribution is 5.77. The predicted molar refractivity (Wildman–Crippen MR) is 64.0 cm³/mol. The molecule has 0 radical (unpaired) electrons. The lowest BCUT2D eigenvalue weighted by Crippen LogP contribution is -2.31. The van der Waals surface area contributed by atoms with Gasteiger partial charge in [0.1, 0.15) is 12.4 Å². The number of rotatable bonds is 5. The van der Waals surface area contributed by atoms with Crippen LogP contribution in [0.15, 0.2) is 24.3 Å². The summed E-state index contributed by atoms with van der Waals surface area (Å²) in [7, 11) is 0. The van der Waals surface area contributed by atoms with Gasteiger partial charge in [-0.25, -0.2) is 4.39 Å². The summed E-state index contributed by atoms with van der Waals surface area (Å²) in [5, 5.41) is 2.75. The summed E-state index contributed by atoms with van der Waals surface area (Å²) < 4.78 is 18.2. The van der Waals surface area contributed by atoms with Crippen molar-refractivity contribution in [1.29, 1.82) is 0 Å². The summed E-state index contributed by atoms with van der Waals surface area (Å²) >= 11 is 0. The molecule has 0 saturated carbocycles. The van der Waals surface area contributed by atoms with Crippen LogP contribution >= 0.6 is 0 Å². The standard InChI is InChI=1S/C13H18FNO2/c1-9(2)17-8-13(16)15-10(3)11-5-4-6-12(14)7-11/h4-7,9-10H,8H2,1-3H3,(H,15,16)/t10-/m0/s1. The Balaban J connectivity index is 2.48. The third kappa shape index (κ3) is 4.95. The number of carbonyl (C=O) groups is 1. The van der Waals surface area contributed by atoms with E-state index in [0.29, 0.717) is 0 Å². The SMILES string of the molecule is CC(C)OCC(=O)N[C@@H](C)c1cccc(F)c1. The fourth-order valence-corrected chi connectivity index (χ4v) is 1.38. The van der Waals surface area contributed by atoms with Gasteiger partial charge in [0, 0.05) is 0 Å². The zero-order valence-electron chi connectivity index (χ0n) is 10.4. The number of hydrogen-bond acceptors (Lipinski definition) is 2. The van der Waals surface area contributed by atoms with E-state index < -0.39 is 0 Å². The maximum absolute atomic E-state index is 13.0. The van der Waals surface area contributed by atoms with Crippen LogP contribution in [-0.4, -0.2) is 18.6 Å². The van der Waals surface area contributed by atoms with Crippen molar-refractivity contribution in [2.75, 3.05) is 6.61 Å². The molecule has 0 aromatic heterocycles. The topological polar surface area (TPSA) is 38.3 Å². The van der Waals surface area contributed by atoms with Crippen LogP contribution in [0.3, 0.4) is 0 Å². The molecule has 1 aromatic rings. The van der Waals surface area contributed by atoms with Crippen LogP contribution in [0.5, 0.6) is 0 Å². The third-order valence-corrected chi connectivity index (χ3v) is 2.27. The molecule has 1 atom stereocenters. The minimum atomic E-state index is -0.304. The van der Waals surface area contributed by atoms with Crippen LogP contribution in [0.2, 0.25) is 0 Å². The lowest BCUT2D eigenvalue weighted by Gasteiger charge is -2.15. The Bertz CT molecular complexity index is 379. The van der Waals surface area contributed by atoms with Gasteiger partial charge >= 0.3 is 0 Å². The molecule has 0 heterocycles. The highest BCUT2D eigenvalue weighted by atomic mass is 19.1. The minimum Gasteiger partial charge on any atom is -0.369 e. The largest absolute Gasteiger partial charge is 0.369 e. The smallest absolute Gasteiger partial charge is 0.246 e. The van der Waals surface area contributed by atoms with Gasteiger partial charge in [-0.15, -0.1) is 0 Å². The number of hydrogen-bond donors (Lipinski definition) is 1. The highest BCUT2D eigenvalue weighted by Gasteiger charge is 2.10. The van der Waals surface area contributed by atoms with Gasteiger partial charge in [0.25, 0.3) is 0 Å². The zero-order valence-corrected chi connectivity index (χ0v) is 10.4. The molecule has 17 heavy (non-hydrogen) atoms. The van der Waals surface area contributed by atoms with Crippen LogP contribution in [0.25, 0.3) is 0 Å². The Morgan fingerprint density at radius 1 is 1.41 bits per heavy atom. The van der Waals surface area contributed by atoms with Crippen molar-refractivity contribution in [1.82, 2.24) is 5.32 Å². The monoisotopic (exact) mass is 239 g/mol. The average molecular weight is 239 g/mol. The Morgan fingerprint density at radius 3 is 2.71 bits per heavy atom. The first-order valence-electron chi connectivity index (χ1n) is 5.65. The number of amides is 1. The number of nitrogens with one attached hydrogen (secondary N) is 1. The molecule has 0 unspecified atom stereocenters. The molecule has 0 aliphatic rings. The van der Waals surface area contributed by atoms with Crippen molar-refractivity contribution in [3.05, 3.63) is 35.6 Å². The fourth-order valence-electron chi connectivity index (χ4n) is 1.38. The fraction of sp³-hybridized carbons (Fsp3) is 0.462. The Labute approximate surface area is 101 Å². The molecule has 94 valence electrons. The number of halogens is 1. The van der Waals surface area contributed by atoms with Crippen molar-refractivity contribution in [2.24, 2.45) is 0 Å². The van der Waals surface area contributed by atoms with Crippen LogP contribution in [0.4, 0.5) is 4.39 Å². The predicted octanol–water partition coefficient (Wildman–Crippen LogP) is 2.43. The summed E-state index contributed by atoms with van der Waals surface area (Å²) in [6, 6.07) is 5.96. The minimum absolute atomic E-state index is 0.0187. The van der Waals surface area contributed by atoms with E-state index in [4.69, 9.17) is 4.74 Å². The van der Waals surface area contributed by atoms with E-state index in [0.717, 1.165) is 5.56 Å². The van der Waals surface area contributed by atoms with Gasteiger partial charge in [0.15, 0.2) is 0 Å². The van der Waals surface area contributed by atoms with E-state index in [9.17, 15) is 9.18 Å². The van der Waals surface area contributed by atoms with Gasteiger partial charge in [-0.1, -0.05) is 12.1 Å². The molecule has 0 aliphatic carbocycles. The van der Waals surface area contributed by atoms with Crippen molar-refractivity contribution < 1.29 is 13.9 Å². The molecule has 0 saturated heterocycles. The van der Waals surface area contributed by atoms with Crippen molar-refractivity contribution in [3.8, 4) is 0 Å². The molecular formula is C13H18FNO2. The first kappa shape index (κ1) is 13.6. The van der Waals surface area contributed by atoms with Gasteiger partial charge in [-0.2, -0.15) is 0 Å². The second-order valence-corrected chi connectivity index (χ2v) is 4.20. The van der Waals surface area contributed by atoms with Crippen LogP contribution in [-0.2, 0) is 9.53 Å². The molecular weight excluding hydrogens is 221 g/mol. The quantitative estimate of drug-likeness (QED) is 0.857. The summed E-state index contributed by atoms with van der Waals surface area (Å²) in [6.07, 6.45) is 0.0187. The van der Waals surface area contributed by atoms with Gasteiger partial charge in [0.2, 0.25) is 5.91 Å². The number of carbonyl (C=O) groups excluding carboxylic acids is 1. The molecule has 3 nitrogen and oxygen atoms in total. The lowest BCUT2D eigenvalue weighted by molar-refractivity contribution is -0.127. The van der Waals surface area contributed by atoms with Crippen LogP contribution in [0, 0.1) is 5.82 Å². The van der Waals surface area contributed by atoms with Crippen molar-refractivity contribution in [3.63, 3.8) is 0 Å². The van der Waals surface area contributed by atoms with Gasteiger partial charge in [-0.05, 0) is 38.5 Å². The van der Waals surface area contributed by atoms with Crippen LogP contribution in [0.1, 0.15) is 32.4 Å². The maximum atomic E-state index is 13.0. The van der Waals surface area contributed by atoms with Gasteiger partial charge in [0.05, 0.1) is 12.1 Å². The zero-order chi connectivity index (χ0) is 12.8. The summed E-state index contributed by atoms with van der Waals surface area (Å²) in [5.74, 6) is -0.502. The second kappa shape index (κ2) is 6.35. The lowest BCUT2D eigenvalue weighted by atomic mass is 10.1. The van der Waals surface area contributed by atoms with E-state index in [1.54, 1.807) is 12.1 Å². The molecule has 1 N–H and O–H groups in total. The molecule has 0 fully saturated rings. The Kier molecular flexibility index (Phi) is 5.10. The van der Waals surface area contributed by atoms with E-state index in [2.05, 4.69) is 5.32 Å². The second-order valence-electron chi connectivity index (χ2n) is 4.20. The van der Waals surface area contributed by atoms with Gasteiger partial charge < -0.3 is 10.1 Å². The third-order valence-electron chi connectivity index (χ3n) is 2.27. The van der Waals surface area contributed by atoms with Crippen molar-refractivity contribution in [2.45, 2.75) is 32.9 Å². The van der Waals surface area contributed by atoms with E-state index in [1.165, 1.54) is 12.1 Å². The van der Waals surface area contributed by atoms with Crippen molar-refractivity contribution >= 4 is 5.91 Å². The average Bonchev–Trinajstić information content (AvgIpc) is 2.26. The van der Waals surface area contributed by atoms with Crippen LogP contribution < -0.4 is 5.32 Å². The number of benzene rings is 1. The van der Waals surface area contributed by atoms with Gasteiger partial charge in [-0.3, -0.25) is 4.79 Å². The number of ether oxygens (including phenoxy) is 1. The maximum Gasteiger partial charge on any atom is 0.246 e. The molecule has 1 rings (SSSR count). The summed E-state index contributed by atoms with van der Waals surface area (Å²) in [5.41, 5.74) is 0.739. The normalized spacial score (nSPS) is 12.5. The molecule has 0 spiro atoms. The Hall–Kier alpha value is -1.42. The molecule has 0 bridgehead atoms. The molecule has 1 aromatic carbocycles. The molecule has 4 heteroatoms. The first-order chi connectivity index (χ1) is 7.99. The first-order valence-corrected chi connectivity index (χ1v) is 5.65.